The van der Waals surface area contributed by atoms with Crippen LogP contribution in [0.5, 0.6) is 0 Å². The zero-order valence-corrected chi connectivity index (χ0v) is 11.6. The molecule has 0 unspecified atom stereocenters. The van der Waals surface area contributed by atoms with Crippen LogP contribution in [0.4, 0.5) is 4.79 Å². The van der Waals surface area contributed by atoms with Crippen LogP contribution in [-0.2, 0) is 4.74 Å². The van der Waals surface area contributed by atoms with Crippen LogP contribution >= 0.6 is 0 Å². The first-order valence-corrected chi connectivity index (χ1v) is 6.26. The van der Waals surface area contributed by atoms with Gasteiger partial charge in [0.2, 0.25) is 0 Å². The SMILES string of the molecule is CC(C)N1CCN(NC(=O)OC(C)(C)C)CC1. The van der Waals surface area contributed by atoms with E-state index in [1.807, 2.05) is 25.8 Å². The van der Waals surface area contributed by atoms with Crippen molar-refractivity contribution in [2.24, 2.45) is 0 Å². The molecule has 1 saturated heterocycles. The van der Waals surface area contributed by atoms with Crippen molar-refractivity contribution in [3.05, 3.63) is 0 Å². The van der Waals surface area contributed by atoms with Gasteiger partial charge < -0.3 is 4.74 Å². The zero-order chi connectivity index (χ0) is 13.1. The molecule has 0 aromatic carbocycles. The lowest BCUT2D eigenvalue weighted by atomic mass is 10.2. The molecule has 1 fully saturated rings. The molecule has 0 bridgehead atoms. The van der Waals surface area contributed by atoms with Crippen LogP contribution in [0, 0.1) is 0 Å². The number of rotatable bonds is 2. The predicted octanol–water partition coefficient (Wildman–Crippen LogP) is 1.45. The maximum absolute atomic E-state index is 11.6. The first-order valence-electron chi connectivity index (χ1n) is 6.26. The summed E-state index contributed by atoms with van der Waals surface area (Å²) in [7, 11) is 0. The Morgan fingerprint density at radius 3 is 2.12 bits per heavy atom. The van der Waals surface area contributed by atoms with E-state index in [1.165, 1.54) is 0 Å². The van der Waals surface area contributed by atoms with Crippen LogP contribution in [0.25, 0.3) is 0 Å². The van der Waals surface area contributed by atoms with Crippen molar-refractivity contribution in [2.45, 2.75) is 46.3 Å². The number of nitrogens with zero attached hydrogens (tertiary/aromatic N) is 2. The number of nitrogens with one attached hydrogen (secondary N) is 1. The Bertz CT molecular complexity index is 253. The molecule has 0 aliphatic carbocycles. The number of carbonyl (C=O) groups is 1. The van der Waals surface area contributed by atoms with Crippen LogP contribution in [0.3, 0.4) is 0 Å². The van der Waals surface area contributed by atoms with E-state index >= 15 is 0 Å². The number of hydrogen-bond acceptors (Lipinski definition) is 4. The normalized spacial score (nSPS) is 19.4. The Morgan fingerprint density at radius 1 is 1.18 bits per heavy atom. The van der Waals surface area contributed by atoms with Gasteiger partial charge in [-0.25, -0.2) is 9.80 Å². The van der Waals surface area contributed by atoms with Gasteiger partial charge >= 0.3 is 6.09 Å². The highest BCUT2D eigenvalue weighted by Crippen LogP contribution is 2.08. The first-order chi connectivity index (χ1) is 7.78. The number of amides is 1. The third-order valence-electron chi connectivity index (χ3n) is 2.69. The molecular formula is C12H25N3O2. The monoisotopic (exact) mass is 243 g/mol. The molecule has 0 saturated carbocycles. The Labute approximate surface area is 104 Å². The molecule has 1 aliphatic heterocycles. The summed E-state index contributed by atoms with van der Waals surface area (Å²) in [5.74, 6) is 0. The maximum atomic E-state index is 11.6. The molecule has 0 radical (unpaired) electrons. The minimum atomic E-state index is -0.441. The van der Waals surface area contributed by atoms with E-state index in [0.717, 1.165) is 26.2 Å². The van der Waals surface area contributed by atoms with Gasteiger partial charge in [-0.15, -0.1) is 0 Å². The largest absolute Gasteiger partial charge is 0.443 e. The maximum Gasteiger partial charge on any atom is 0.422 e. The van der Waals surface area contributed by atoms with Crippen molar-refractivity contribution in [3.63, 3.8) is 0 Å². The second-order valence-electron chi connectivity index (χ2n) is 5.73. The molecule has 5 nitrogen and oxygen atoms in total. The van der Waals surface area contributed by atoms with Gasteiger partial charge in [0.05, 0.1) is 0 Å². The van der Waals surface area contributed by atoms with E-state index in [4.69, 9.17) is 4.74 Å². The number of ether oxygens (including phenoxy) is 1. The second-order valence-corrected chi connectivity index (χ2v) is 5.73. The molecule has 1 aliphatic rings. The molecule has 0 aromatic rings. The van der Waals surface area contributed by atoms with Gasteiger partial charge in [-0.3, -0.25) is 10.3 Å². The summed E-state index contributed by atoms with van der Waals surface area (Å²) >= 11 is 0. The summed E-state index contributed by atoms with van der Waals surface area (Å²) in [5.41, 5.74) is 2.34. The lowest BCUT2D eigenvalue weighted by Crippen LogP contribution is -2.55. The van der Waals surface area contributed by atoms with Crippen LogP contribution in [0.1, 0.15) is 34.6 Å². The Morgan fingerprint density at radius 2 is 1.71 bits per heavy atom. The highest BCUT2D eigenvalue weighted by atomic mass is 16.6. The molecule has 0 aromatic heterocycles. The molecule has 100 valence electrons. The van der Waals surface area contributed by atoms with Gasteiger partial charge in [0.25, 0.3) is 0 Å². The van der Waals surface area contributed by atoms with E-state index in [1.54, 1.807) is 0 Å². The third-order valence-corrected chi connectivity index (χ3v) is 2.69. The van der Waals surface area contributed by atoms with Gasteiger partial charge in [-0.05, 0) is 34.6 Å². The van der Waals surface area contributed by atoms with Crippen molar-refractivity contribution in [2.75, 3.05) is 26.2 Å². The van der Waals surface area contributed by atoms with Crippen molar-refractivity contribution < 1.29 is 9.53 Å². The molecule has 5 heteroatoms. The minimum Gasteiger partial charge on any atom is -0.443 e. The van der Waals surface area contributed by atoms with Gasteiger partial charge in [0, 0.05) is 32.2 Å². The number of piperazine rings is 1. The first kappa shape index (κ1) is 14.3. The highest BCUT2D eigenvalue weighted by Gasteiger charge is 2.22. The fourth-order valence-electron chi connectivity index (χ4n) is 1.78. The number of carbonyl (C=O) groups excluding carboxylic acids is 1. The van der Waals surface area contributed by atoms with Gasteiger partial charge in [0.15, 0.2) is 0 Å². The summed E-state index contributed by atoms with van der Waals surface area (Å²) < 4.78 is 5.21. The van der Waals surface area contributed by atoms with Crippen LogP contribution in [0.15, 0.2) is 0 Å². The lowest BCUT2D eigenvalue weighted by Gasteiger charge is -2.36. The molecule has 0 spiro atoms. The summed E-state index contributed by atoms with van der Waals surface area (Å²) in [6.07, 6.45) is -0.365. The number of hydrogen-bond donors (Lipinski definition) is 1. The van der Waals surface area contributed by atoms with Crippen molar-refractivity contribution in [1.82, 2.24) is 15.3 Å². The molecule has 1 rings (SSSR count). The summed E-state index contributed by atoms with van der Waals surface area (Å²) in [5, 5.41) is 1.92. The highest BCUT2D eigenvalue weighted by molar-refractivity contribution is 5.67. The van der Waals surface area contributed by atoms with Crippen LogP contribution < -0.4 is 5.43 Å². The summed E-state index contributed by atoms with van der Waals surface area (Å²) in [6.45, 7) is 13.6. The smallest absolute Gasteiger partial charge is 0.422 e. The van der Waals surface area contributed by atoms with E-state index < -0.39 is 5.60 Å². The Hall–Kier alpha value is -0.810. The Balaban J connectivity index is 2.29. The fraction of sp³-hybridized carbons (Fsp3) is 0.917. The Kier molecular flexibility index (Phi) is 4.77. The third kappa shape index (κ3) is 5.37. The molecule has 17 heavy (non-hydrogen) atoms. The van der Waals surface area contributed by atoms with E-state index in [9.17, 15) is 4.79 Å². The van der Waals surface area contributed by atoms with Crippen LogP contribution in [-0.4, -0.2) is 53.8 Å². The predicted molar refractivity (Wildman–Crippen MR) is 67.7 cm³/mol. The van der Waals surface area contributed by atoms with Gasteiger partial charge in [-0.2, -0.15) is 0 Å². The van der Waals surface area contributed by atoms with Crippen molar-refractivity contribution in [3.8, 4) is 0 Å². The van der Waals surface area contributed by atoms with Crippen LogP contribution in [0.2, 0.25) is 0 Å². The number of hydrazine groups is 1. The zero-order valence-electron chi connectivity index (χ0n) is 11.6. The molecular weight excluding hydrogens is 218 g/mol. The van der Waals surface area contributed by atoms with Gasteiger partial charge in [0.1, 0.15) is 5.60 Å². The van der Waals surface area contributed by atoms with Crippen molar-refractivity contribution >= 4 is 6.09 Å². The summed E-state index contributed by atoms with van der Waals surface area (Å²) in [4.78, 5) is 13.9. The molecule has 1 N–H and O–H groups in total. The topological polar surface area (TPSA) is 44.8 Å². The molecule has 1 heterocycles. The van der Waals surface area contributed by atoms with Crippen molar-refractivity contribution in [1.29, 1.82) is 0 Å². The minimum absolute atomic E-state index is 0.365. The second kappa shape index (κ2) is 5.69. The average Bonchev–Trinajstić information content (AvgIpc) is 2.15. The van der Waals surface area contributed by atoms with E-state index in [2.05, 4.69) is 24.2 Å². The summed E-state index contributed by atoms with van der Waals surface area (Å²) in [6, 6.07) is 0.568. The standard InChI is InChI=1S/C12H25N3O2/c1-10(2)14-6-8-15(9-7-14)13-11(16)17-12(3,4)5/h10H,6-9H2,1-5H3,(H,13,16). The lowest BCUT2D eigenvalue weighted by molar-refractivity contribution is 0.0190. The molecule has 0 atom stereocenters. The van der Waals surface area contributed by atoms with Gasteiger partial charge in [-0.1, -0.05) is 0 Å². The quantitative estimate of drug-likeness (QED) is 0.797. The van der Waals surface area contributed by atoms with E-state index in [-0.39, 0.29) is 6.09 Å². The fourth-order valence-corrected chi connectivity index (χ4v) is 1.78. The molecule has 1 amide bonds. The van der Waals surface area contributed by atoms with E-state index in [0.29, 0.717) is 6.04 Å². The average molecular weight is 243 g/mol.